The number of nitrogens with one attached hydrogen (secondary N) is 1. The van der Waals surface area contributed by atoms with Gasteiger partial charge >= 0.3 is 0 Å². The molecule has 1 saturated heterocycles. The zero-order valence-electron chi connectivity index (χ0n) is 10.7. The molecule has 1 aromatic carbocycles. The van der Waals surface area contributed by atoms with E-state index in [1.807, 2.05) is 0 Å². The number of allylic oxidation sites excluding steroid dienone is 1. The van der Waals surface area contributed by atoms with E-state index in [0.29, 0.717) is 6.04 Å². The molecule has 0 radical (unpaired) electrons. The van der Waals surface area contributed by atoms with E-state index < -0.39 is 0 Å². The van der Waals surface area contributed by atoms with Gasteiger partial charge in [0, 0.05) is 11.9 Å². The van der Waals surface area contributed by atoms with Crippen molar-refractivity contribution in [3.05, 3.63) is 47.3 Å². The van der Waals surface area contributed by atoms with E-state index in [0.717, 1.165) is 12.6 Å². The number of piperidine rings is 1. The Labute approximate surface area is 109 Å². The Balaban J connectivity index is 1.71. The summed E-state index contributed by atoms with van der Waals surface area (Å²) >= 11 is 0. The Morgan fingerprint density at radius 3 is 2.72 bits per heavy atom. The van der Waals surface area contributed by atoms with Gasteiger partial charge in [0.2, 0.25) is 0 Å². The summed E-state index contributed by atoms with van der Waals surface area (Å²) in [5.74, 6) is 0.853. The first-order chi connectivity index (χ1) is 8.93. The van der Waals surface area contributed by atoms with E-state index in [2.05, 4.69) is 40.7 Å². The average molecular weight is 240 g/mol. The highest BCUT2D eigenvalue weighted by molar-refractivity contribution is 5.37. The van der Waals surface area contributed by atoms with Crippen LogP contribution in [0.25, 0.3) is 0 Å². The van der Waals surface area contributed by atoms with Crippen LogP contribution in [0.4, 0.5) is 0 Å². The molecule has 94 valence electrons. The molecule has 1 saturated carbocycles. The van der Waals surface area contributed by atoms with Crippen molar-refractivity contribution >= 4 is 0 Å². The van der Waals surface area contributed by atoms with Crippen LogP contribution in [0.2, 0.25) is 0 Å². The maximum absolute atomic E-state index is 3.39. The molecule has 2 nitrogen and oxygen atoms in total. The number of hydrogen-bond donors (Lipinski definition) is 1. The zero-order valence-corrected chi connectivity index (χ0v) is 10.7. The van der Waals surface area contributed by atoms with Crippen molar-refractivity contribution < 1.29 is 0 Å². The number of hydrogen-bond acceptors (Lipinski definition) is 2. The summed E-state index contributed by atoms with van der Waals surface area (Å²) in [6.07, 6.45) is 8.88. The van der Waals surface area contributed by atoms with Crippen molar-refractivity contribution in [3.8, 4) is 0 Å². The largest absolute Gasteiger partial charge is 0.372 e. The summed E-state index contributed by atoms with van der Waals surface area (Å²) in [5.41, 5.74) is 4.72. The molecule has 1 atom stereocenters. The number of benzene rings is 1. The molecule has 1 N–H and O–H groups in total. The molecule has 2 heteroatoms. The van der Waals surface area contributed by atoms with Crippen molar-refractivity contribution in [1.29, 1.82) is 0 Å². The van der Waals surface area contributed by atoms with Crippen LogP contribution >= 0.6 is 0 Å². The standard InChI is InChI=1S/C16H20N2/c1-2-6-15(14(5-1)12-8-9-12)16-7-3-4-13-10-17-11-18(13)16/h1-2,5-6,10,12,16-17H,3-4,7-9,11H2. The number of nitrogens with zero attached hydrogens (tertiary/aromatic N) is 1. The van der Waals surface area contributed by atoms with Crippen molar-refractivity contribution in [2.45, 2.75) is 44.1 Å². The van der Waals surface area contributed by atoms with Crippen LogP contribution in [-0.2, 0) is 0 Å². The second-order valence-corrected chi connectivity index (χ2v) is 5.78. The smallest absolute Gasteiger partial charge is 0.0876 e. The molecule has 1 unspecified atom stereocenters. The summed E-state index contributed by atoms with van der Waals surface area (Å²) in [6, 6.07) is 9.74. The topological polar surface area (TPSA) is 15.3 Å². The molecule has 2 heterocycles. The Morgan fingerprint density at radius 1 is 1.06 bits per heavy atom. The highest BCUT2D eigenvalue weighted by Crippen LogP contribution is 2.46. The minimum Gasteiger partial charge on any atom is -0.372 e. The van der Waals surface area contributed by atoms with E-state index in [-0.39, 0.29) is 0 Å². The fourth-order valence-electron chi connectivity index (χ4n) is 3.51. The van der Waals surface area contributed by atoms with Crippen molar-refractivity contribution in [2.75, 3.05) is 6.67 Å². The first-order valence-electron chi connectivity index (χ1n) is 7.21. The Kier molecular flexibility index (Phi) is 2.35. The minimum atomic E-state index is 0.608. The third-order valence-corrected chi connectivity index (χ3v) is 4.56. The molecule has 2 fully saturated rings. The summed E-state index contributed by atoms with van der Waals surface area (Å²) in [4.78, 5) is 2.57. The molecule has 0 amide bonds. The lowest BCUT2D eigenvalue weighted by Crippen LogP contribution is -2.32. The van der Waals surface area contributed by atoms with Crippen LogP contribution in [0.15, 0.2) is 36.2 Å². The predicted molar refractivity (Wildman–Crippen MR) is 72.9 cm³/mol. The third-order valence-electron chi connectivity index (χ3n) is 4.56. The van der Waals surface area contributed by atoms with Crippen LogP contribution in [0.3, 0.4) is 0 Å². The van der Waals surface area contributed by atoms with Crippen molar-refractivity contribution in [2.24, 2.45) is 0 Å². The molecule has 0 aromatic heterocycles. The minimum absolute atomic E-state index is 0.608. The molecular formula is C16H20N2. The molecule has 3 aliphatic rings. The second-order valence-electron chi connectivity index (χ2n) is 5.78. The first-order valence-corrected chi connectivity index (χ1v) is 7.21. The highest BCUT2D eigenvalue weighted by atomic mass is 15.3. The molecule has 1 aromatic rings. The molecule has 18 heavy (non-hydrogen) atoms. The van der Waals surface area contributed by atoms with Gasteiger partial charge in [0.25, 0.3) is 0 Å². The third kappa shape index (κ3) is 1.63. The molecule has 4 rings (SSSR count). The fraction of sp³-hybridized carbons (Fsp3) is 0.500. The molecule has 0 bridgehead atoms. The van der Waals surface area contributed by atoms with Crippen LogP contribution < -0.4 is 5.32 Å². The average Bonchev–Trinajstić information content (AvgIpc) is 3.15. The van der Waals surface area contributed by atoms with Gasteiger partial charge in [-0.1, -0.05) is 24.3 Å². The van der Waals surface area contributed by atoms with Crippen molar-refractivity contribution in [1.82, 2.24) is 10.2 Å². The van der Waals surface area contributed by atoms with E-state index >= 15 is 0 Å². The van der Waals surface area contributed by atoms with Gasteiger partial charge < -0.3 is 10.2 Å². The summed E-state index contributed by atoms with van der Waals surface area (Å²) in [5, 5.41) is 3.39. The quantitative estimate of drug-likeness (QED) is 0.851. The SMILES string of the molecule is C1=C2CCCC(c3ccccc3C3CC3)N2CN1. The summed E-state index contributed by atoms with van der Waals surface area (Å²) in [7, 11) is 0. The predicted octanol–water partition coefficient (Wildman–Crippen LogP) is 3.49. The lowest BCUT2D eigenvalue weighted by molar-refractivity contribution is 0.214. The maximum Gasteiger partial charge on any atom is 0.0876 e. The van der Waals surface area contributed by atoms with Gasteiger partial charge in [-0.25, -0.2) is 0 Å². The van der Waals surface area contributed by atoms with Gasteiger partial charge in [-0.2, -0.15) is 0 Å². The van der Waals surface area contributed by atoms with Crippen LogP contribution in [0.5, 0.6) is 0 Å². The van der Waals surface area contributed by atoms with E-state index in [1.165, 1.54) is 37.8 Å². The van der Waals surface area contributed by atoms with Crippen molar-refractivity contribution in [3.63, 3.8) is 0 Å². The highest BCUT2D eigenvalue weighted by Gasteiger charge is 2.33. The fourth-order valence-corrected chi connectivity index (χ4v) is 3.51. The van der Waals surface area contributed by atoms with Gasteiger partial charge in [0.1, 0.15) is 0 Å². The Bertz CT molecular complexity index is 488. The summed E-state index contributed by atoms with van der Waals surface area (Å²) in [6.45, 7) is 0.999. The number of fused-ring (bicyclic) bond motifs is 1. The lowest BCUT2D eigenvalue weighted by Gasteiger charge is -2.37. The van der Waals surface area contributed by atoms with E-state index in [4.69, 9.17) is 0 Å². The normalized spacial score (nSPS) is 26.6. The first kappa shape index (κ1) is 10.5. The van der Waals surface area contributed by atoms with E-state index in [9.17, 15) is 0 Å². The molecule has 1 aliphatic carbocycles. The van der Waals surface area contributed by atoms with E-state index in [1.54, 1.807) is 11.1 Å². The lowest BCUT2D eigenvalue weighted by atomic mass is 9.90. The molecule has 0 spiro atoms. The summed E-state index contributed by atoms with van der Waals surface area (Å²) < 4.78 is 0. The van der Waals surface area contributed by atoms with Gasteiger partial charge in [-0.15, -0.1) is 0 Å². The maximum atomic E-state index is 3.39. The molecule has 2 aliphatic heterocycles. The van der Waals surface area contributed by atoms with Gasteiger partial charge in [-0.05, 0) is 49.1 Å². The van der Waals surface area contributed by atoms with Crippen LogP contribution in [-0.4, -0.2) is 11.6 Å². The Morgan fingerprint density at radius 2 is 1.89 bits per heavy atom. The van der Waals surface area contributed by atoms with Crippen LogP contribution in [0.1, 0.15) is 55.2 Å². The number of rotatable bonds is 2. The Hall–Kier alpha value is -1.44. The second kappa shape index (κ2) is 4.04. The zero-order chi connectivity index (χ0) is 11.9. The van der Waals surface area contributed by atoms with Gasteiger partial charge in [0.15, 0.2) is 0 Å². The van der Waals surface area contributed by atoms with Gasteiger partial charge in [0.05, 0.1) is 12.7 Å². The van der Waals surface area contributed by atoms with Crippen LogP contribution in [0, 0.1) is 0 Å². The monoisotopic (exact) mass is 240 g/mol. The van der Waals surface area contributed by atoms with Gasteiger partial charge in [-0.3, -0.25) is 0 Å². The molecular weight excluding hydrogens is 220 g/mol.